The van der Waals surface area contributed by atoms with Crippen molar-refractivity contribution in [1.82, 2.24) is 0 Å². The number of unbranched alkanes of at least 4 members (excludes halogenated alkanes) is 2. The van der Waals surface area contributed by atoms with Crippen LogP contribution in [0.3, 0.4) is 0 Å². The lowest BCUT2D eigenvalue weighted by Gasteiger charge is -2.18. The molecule has 0 bridgehead atoms. The van der Waals surface area contributed by atoms with Crippen molar-refractivity contribution in [3.63, 3.8) is 0 Å². The van der Waals surface area contributed by atoms with E-state index in [1.165, 1.54) is 12.8 Å². The van der Waals surface area contributed by atoms with Gasteiger partial charge < -0.3 is 9.47 Å². The van der Waals surface area contributed by atoms with Crippen LogP contribution in [-0.2, 0) is 9.47 Å². The zero-order valence-electron chi connectivity index (χ0n) is 10.6. The standard InChI is InChI=1S/C12H26O2S/c1-5-7-9-13-11(3)15-12(4)14-10-8-6-2/h11-12H,5-10H2,1-4H3. The van der Waals surface area contributed by atoms with Gasteiger partial charge in [0, 0.05) is 13.2 Å². The molecule has 0 N–H and O–H groups in total. The Kier molecular flexibility index (Phi) is 11.0. The van der Waals surface area contributed by atoms with Gasteiger partial charge in [-0.05, 0) is 26.7 Å². The van der Waals surface area contributed by atoms with Crippen LogP contribution in [0.1, 0.15) is 53.4 Å². The highest BCUT2D eigenvalue weighted by molar-refractivity contribution is 8.00. The van der Waals surface area contributed by atoms with E-state index < -0.39 is 0 Å². The summed E-state index contributed by atoms with van der Waals surface area (Å²) in [7, 11) is 0. The Labute approximate surface area is 99.1 Å². The minimum Gasteiger partial charge on any atom is -0.368 e. The maximum absolute atomic E-state index is 5.64. The van der Waals surface area contributed by atoms with Crippen molar-refractivity contribution in [2.75, 3.05) is 13.2 Å². The summed E-state index contributed by atoms with van der Waals surface area (Å²) in [5.74, 6) is 0. The maximum atomic E-state index is 5.64. The molecule has 2 atom stereocenters. The molecule has 0 aliphatic heterocycles. The van der Waals surface area contributed by atoms with E-state index in [9.17, 15) is 0 Å². The topological polar surface area (TPSA) is 18.5 Å². The third-order valence-corrected chi connectivity index (χ3v) is 3.12. The van der Waals surface area contributed by atoms with Crippen molar-refractivity contribution in [3.05, 3.63) is 0 Å². The molecule has 2 nitrogen and oxygen atoms in total. The van der Waals surface area contributed by atoms with Crippen LogP contribution in [-0.4, -0.2) is 24.1 Å². The van der Waals surface area contributed by atoms with Crippen LogP contribution >= 0.6 is 11.8 Å². The van der Waals surface area contributed by atoms with Gasteiger partial charge in [-0.1, -0.05) is 38.5 Å². The largest absolute Gasteiger partial charge is 0.368 e. The summed E-state index contributed by atoms with van der Waals surface area (Å²) >= 11 is 1.76. The van der Waals surface area contributed by atoms with Gasteiger partial charge >= 0.3 is 0 Å². The molecule has 0 aliphatic carbocycles. The Hall–Kier alpha value is 0.270. The number of hydrogen-bond donors (Lipinski definition) is 0. The molecule has 0 aromatic rings. The molecule has 0 rings (SSSR count). The minimum absolute atomic E-state index is 0.244. The molecule has 0 aromatic heterocycles. The van der Waals surface area contributed by atoms with E-state index in [0.29, 0.717) is 0 Å². The molecule has 0 aromatic carbocycles. The lowest BCUT2D eigenvalue weighted by atomic mass is 10.4. The Morgan fingerprint density at radius 1 is 0.867 bits per heavy atom. The highest BCUT2D eigenvalue weighted by Crippen LogP contribution is 2.19. The van der Waals surface area contributed by atoms with Crippen LogP contribution in [0.5, 0.6) is 0 Å². The number of rotatable bonds is 10. The first-order valence-corrected chi connectivity index (χ1v) is 7.03. The van der Waals surface area contributed by atoms with E-state index in [1.54, 1.807) is 11.8 Å². The predicted octanol–water partition coefficient (Wildman–Crippen LogP) is 4.05. The van der Waals surface area contributed by atoms with E-state index in [-0.39, 0.29) is 10.9 Å². The molecule has 15 heavy (non-hydrogen) atoms. The lowest BCUT2D eigenvalue weighted by Crippen LogP contribution is -2.13. The quantitative estimate of drug-likeness (QED) is 0.420. The first kappa shape index (κ1) is 15.3. The average molecular weight is 234 g/mol. The van der Waals surface area contributed by atoms with Gasteiger partial charge in [0.1, 0.15) is 10.9 Å². The van der Waals surface area contributed by atoms with Crippen LogP contribution < -0.4 is 0 Å². The molecule has 2 unspecified atom stereocenters. The van der Waals surface area contributed by atoms with Crippen LogP contribution in [0.15, 0.2) is 0 Å². The fourth-order valence-corrected chi connectivity index (χ4v) is 2.03. The van der Waals surface area contributed by atoms with Gasteiger partial charge in [-0.2, -0.15) is 0 Å². The molecule has 0 heterocycles. The zero-order valence-corrected chi connectivity index (χ0v) is 11.4. The molecule has 0 saturated carbocycles. The van der Waals surface area contributed by atoms with Gasteiger partial charge in [-0.3, -0.25) is 0 Å². The molecule has 0 spiro atoms. The summed E-state index contributed by atoms with van der Waals surface area (Å²) in [5.41, 5.74) is 0.487. The molecular weight excluding hydrogens is 208 g/mol. The zero-order chi connectivity index (χ0) is 11.5. The third kappa shape index (κ3) is 10.6. The lowest BCUT2D eigenvalue weighted by molar-refractivity contribution is 0.102. The molecule has 0 saturated heterocycles. The van der Waals surface area contributed by atoms with Gasteiger partial charge in [0.05, 0.1) is 0 Å². The molecule has 0 fully saturated rings. The number of thioether (sulfide) groups is 1. The maximum Gasteiger partial charge on any atom is 0.102 e. The van der Waals surface area contributed by atoms with Crippen LogP contribution in [0, 0.1) is 0 Å². The highest BCUT2D eigenvalue weighted by atomic mass is 32.2. The van der Waals surface area contributed by atoms with E-state index in [4.69, 9.17) is 9.47 Å². The molecule has 0 radical (unpaired) electrons. The summed E-state index contributed by atoms with van der Waals surface area (Å²) < 4.78 is 11.3. The van der Waals surface area contributed by atoms with Gasteiger partial charge in [0.2, 0.25) is 0 Å². The van der Waals surface area contributed by atoms with E-state index in [1.807, 2.05) is 0 Å². The second-order valence-electron chi connectivity index (χ2n) is 3.72. The number of ether oxygens (including phenoxy) is 2. The minimum atomic E-state index is 0.244. The van der Waals surface area contributed by atoms with Crippen LogP contribution in [0.4, 0.5) is 0 Å². The Morgan fingerprint density at radius 3 is 1.60 bits per heavy atom. The monoisotopic (exact) mass is 234 g/mol. The fourth-order valence-electron chi connectivity index (χ4n) is 1.14. The fraction of sp³-hybridized carbons (Fsp3) is 1.00. The molecule has 3 heteroatoms. The molecule has 92 valence electrons. The van der Waals surface area contributed by atoms with Crippen molar-refractivity contribution in [1.29, 1.82) is 0 Å². The first-order valence-electron chi connectivity index (χ1n) is 6.09. The van der Waals surface area contributed by atoms with Crippen molar-refractivity contribution < 1.29 is 9.47 Å². The number of hydrogen-bond acceptors (Lipinski definition) is 3. The third-order valence-electron chi connectivity index (χ3n) is 2.08. The summed E-state index contributed by atoms with van der Waals surface area (Å²) in [6.07, 6.45) is 4.69. The molecular formula is C12H26O2S. The van der Waals surface area contributed by atoms with Gasteiger partial charge in [0.25, 0.3) is 0 Å². The van der Waals surface area contributed by atoms with Gasteiger partial charge in [-0.25, -0.2) is 0 Å². The Morgan fingerprint density at radius 2 is 1.27 bits per heavy atom. The van der Waals surface area contributed by atoms with Gasteiger partial charge in [0.15, 0.2) is 0 Å². The molecule has 0 aliphatic rings. The van der Waals surface area contributed by atoms with Crippen molar-refractivity contribution in [2.45, 2.75) is 64.3 Å². The summed E-state index contributed by atoms with van der Waals surface area (Å²) in [6, 6.07) is 0. The molecule has 0 amide bonds. The van der Waals surface area contributed by atoms with Crippen molar-refractivity contribution in [2.24, 2.45) is 0 Å². The van der Waals surface area contributed by atoms with Crippen molar-refractivity contribution in [3.8, 4) is 0 Å². The van der Waals surface area contributed by atoms with Crippen molar-refractivity contribution >= 4 is 11.8 Å². The second-order valence-corrected chi connectivity index (χ2v) is 5.32. The SMILES string of the molecule is CCCCOC(C)SC(C)OCCCC. The van der Waals surface area contributed by atoms with Crippen LogP contribution in [0.2, 0.25) is 0 Å². The van der Waals surface area contributed by atoms with Crippen LogP contribution in [0.25, 0.3) is 0 Å². The highest BCUT2D eigenvalue weighted by Gasteiger charge is 2.09. The smallest absolute Gasteiger partial charge is 0.102 e. The summed E-state index contributed by atoms with van der Waals surface area (Å²) in [6.45, 7) is 10.3. The Bertz CT molecular complexity index is 117. The Balaban J connectivity index is 3.35. The van der Waals surface area contributed by atoms with E-state index >= 15 is 0 Å². The van der Waals surface area contributed by atoms with Gasteiger partial charge in [-0.15, -0.1) is 0 Å². The van der Waals surface area contributed by atoms with E-state index in [0.717, 1.165) is 26.1 Å². The second kappa shape index (κ2) is 10.8. The normalized spacial score (nSPS) is 15.2. The average Bonchev–Trinajstić information content (AvgIpc) is 2.18. The first-order chi connectivity index (χ1) is 7.20. The summed E-state index contributed by atoms with van der Waals surface area (Å²) in [5, 5.41) is 0. The predicted molar refractivity (Wildman–Crippen MR) is 68.2 cm³/mol. The summed E-state index contributed by atoms with van der Waals surface area (Å²) in [4.78, 5) is 0. The van der Waals surface area contributed by atoms with E-state index in [2.05, 4.69) is 27.7 Å².